The summed E-state index contributed by atoms with van der Waals surface area (Å²) in [6, 6.07) is 8.11. The quantitative estimate of drug-likeness (QED) is 0.702. The van der Waals surface area contributed by atoms with Gasteiger partial charge < -0.3 is 14.4 Å². The Morgan fingerprint density at radius 2 is 1.90 bits per heavy atom. The van der Waals surface area contributed by atoms with Crippen molar-refractivity contribution in [3.63, 3.8) is 0 Å². The Balaban J connectivity index is 1.48. The number of allylic oxidation sites excluding steroid dienone is 1. The first kappa shape index (κ1) is 19.9. The van der Waals surface area contributed by atoms with E-state index in [4.69, 9.17) is 9.47 Å². The largest absolute Gasteiger partial charge is 0.459 e. The molecular weight excluding hydrogens is 388 g/mol. The number of aliphatic imine (C=N–C) groups is 1. The molecular formula is C21H24N4O5. The number of likely N-dealkylation sites (N-methyl/N-ethyl adjacent to an activating group) is 1. The van der Waals surface area contributed by atoms with Gasteiger partial charge in [0.1, 0.15) is 18.9 Å². The number of rotatable bonds is 4. The number of nitrogens with zero attached hydrogens (tertiary/aromatic N) is 4. The Bertz CT molecular complexity index is 950. The van der Waals surface area contributed by atoms with Crippen molar-refractivity contribution in [1.82, 2.24) is 14.7 Å². The molecule has 0 bridgehead atoms. The highest BCUT2D eigenvalue weighted by atomic mass is 16.5. The van der Waals surface area contributed by atoms with Crippen LogP contribution in [0.4, 0.5) is 4.79 Å². The van der Waals surface area contributed by atoms with Gasteiger partial charge in [-0.1, -0.05) is 51.1 Å². The summed E-state index contributed by atoms with van der Waals surface area (Å²) in [4.78, 5) is 46.5. The summed E-state index contributed by atoms with van der Waals surface area (Å²) in [6.07, 6.45) is 1.05. The monoisotopic (exact) mass is 412 g/mol. The van der Waals surface area contributed by atoms with Gasteiger partial charge in [-0.05, 0) is 5.56 Å². The van der Waals surface area contributed by atoms with Crippen LogP contribution in [0.1, 0.15) is 26.3 Å². The Morgan fingerprint density at radius 1 is 1.20 bits per heavy atom. The molecule has 9 heteroatoms. The SMILES string of the molecule is CN1C(=O)N(CC(=O)OCc2ccccc2)C(=O)C2C1N=C1OC(C(C)(C)C)=CN12. The molecule has 1 saturated heterocycles. The van der Waals surface area contributed by atoms with Crippen LogP contribution in [-0.4, -0.2) is 64.4 Å². The standard InChI is InChI=1S/C21H24N4O5/c1-21(2,3)14-10-24-16-17(22-19(24)30-14)23(4)20(28)25(18(16)27)11-15(26)29-12-13-8-6-5-7-9-13/h5-10,16-17H,11-12H2,1-4H3. The van der Waals surface area contributed by atoms with Crippen molar-refractivity contribution in [2.75, 3.05) is 13.6 Å². The van der Waals surface area contributed by atoms with Crippen LogP contribution < -0.4 is 0 Å². The number of carbonyl (C=O) groups is 3. The van der Waals surface area contributed by atoms with Gasteiger partial charge in [-0.15, -0.1) is 0 Å². The number of fused-ring (bicyclic) bond motifs is 3. The topological polar surface area (TPSA) is 91.8 Å². The highest BCUT2D eigenvalue weighted by Crippen LogP contribution is 2.37. The van der Waals surface area contributed by atoms with Crippen molar-refractivity contribution in [2.24, 2.45) is 10.4 Å². The first-order valence-corrected chi connectivity index (χ1v) is 9.71. The molecule has 1 aromatic carbocycles. The summed E-state index contributed by atoms with van der Waals surface area (Å²) in [5.74, 6) is -0.482. The maximum atomic E-state index is 13.1. The lowest BCUT2D eigenvalue weighted by Crippen LogP contribution is -2.64. The van der Waals surface area contributed by atoms with Gasteiger partial charge in [0.05, 0.1) is 0 Å². The Kier molecular flexibility index (Phi) is 4.76. The zero-order valence-corrected chi connectivity index (χ0v) is 17.4. The minimum atomic E-state index is -0.774. The fourth-order valence-corrected chi connectivity index (χ4v) is 3.49. The maximum Gasteiger partial charge on any atom is 0.328 e. The van der Waals surface area contributed by atoms with Crippen LogP contribution in [0.5, 0.6) is 0 Å². The van der Waals surface area contributed by atoms with E-state index in [1.165, 1.54) is 4.90 Å². The number of urea groups is 1. The Labute approximate surface area is 174 Å². The van der Waals surface area contributed by atoms with Crippen LogP contribution in [-0.2, 0) is 25.7 Å². The zero-order chi connectivity index (χ0) is 21.6. The predicted octanol–water partition coefficient (Wildman–Crippen LogP) is 1.91. The number of imide groups is 1. The van der Waals surface area contributed by atoms with E-state index in [1.807, 2.05) is 51.1 Å². The van der Waals surface area contributed by atoms with Gasteiger partial charge in [-0.25, -0.2) is 9.79 Å². The minimum Gasteiger partial charge on any atom is -0.459 e. The van der Waals surface area contributed by atoms with E-state index in [0.717, 1.165) is 10.5 Å². The molecule has 1 aromatic rings. The highest BCUT2D eigenvalue weighted by molar-refractivity contribution is 6.05. The lowest BCUT2D eigenvalue weighted by Gasteiger charge is -2.39. The van der Waals surface area contributed by atoms with Gasteiger partial charge in [0.15, 0.2) is 12.2 Å². The molecule has 9 nitrogen and oxygen atoms in total. The van der Waals surface area contributed by atoms with Crippen LogP contribution in [0.25, 0.3) is 0 Å². The molecule has 158 valence electrons. The van der Waals surface area contributed by atoms with E-state index in [2.05, 4.69) is 4.99 Å². The van der Waals surface area contributed by atoms with Crippen LogP contribution in [0.3, 0.4) is 0 Å². The van der Waals surface area contributed by atoms with E-state index >= 15 is 0 Å². The number of esters is 1. The summed E-state index contributed by atoms with van der Waals surface area (Å²) < 4.78 is 11.1. The molecule has 0 spiro atoms. The summed E-state index contributed by atoms with van der Waals surface area (Å²) >= 11 is 0. The Morgan fingerprint density at radius 3 is 2.57 bits per heavy atom. The van der Waals surface area contributed by atoms with Crippen molar-refractivity contribution >= 4 is 23.9 Å². The van der Waals surface area contributed by atoms with E-state index < -0.39 is 36.7 Å². The second-order valence-electron chi connectivity index (χ2n) is 8.49. The minimum absolute atomic E-state index is 0.0721. The number of hydrogen-bond donors (Lipinski definition) is 0. The Hall–Kier alpha value is -3.36. The number of amides is 3. The number of carbonyl (C=O) groups excluding carboxylic acids is 3. The third-order valence-electron chi connectivity index (χ3n) is 5.22. The molecule has 3 aliphatic rings. The molecule has 0 saturated carbocycles. The smallest absolute Gasteiger partial charge is 0.328 e. The average molecular weight is 412 g/mol. The first-order chi connectivity index (χ1) is 14.2. The van der Waals surface area contributed by atoms with Crippen molar-refractivity contribution in [2.45, 2.75) is 39.6 Å². The van der Waals surface area contributed by atoms with Crippen molar-refractivity contribution < 1.29 is 23.9 Å². The van der Waals surface area contributed by atoms with E-state index in [1.54, 1.807) is 18.1 Å². The van der Waals surface area contributed by atoms with Crippen molar-refractivity contribution in [3.05, 3.63) is 47.9 Å². The predicted molar refractivity (Wildman–Crippen MR) is 107 cm³/mol. The molecule has 30 heavy (non-hydrogen) atoms. The molecule has 2 unspecified atom stereocenters. The molecule has 2 atom stereocenters. The second kappa shape index (κ2) is 7.16. The van der Waals surface area contributed by atoms with E-state index in [9.17, 15) is 14.4 Å². The number of amidine groups is 1. The molecule has 3 amide bonds. The van der Waals surface area contributed by atoms with Gasteiger partial charge in [0.2, 0.25) is 0 Å². The average Bonchev–Trinajstić information content (AvgIpc) is 3.27. The second-order valence-corrected chi connectivity index (χ2v) is 8.49. The molecule has 3 heterocycles. The first-order valence-electron chi connectivity index (χ1n) is 9.71. The van der Waals surface area contributed by atoms with Gasteiger partial charge in [-0.2, -0.15) is 0 Å². The molecule has 1 fully saturated rings. The third kappa shape index (κ3) is 3.40. The van der Waals surface area contributed by atoms with Gasteiger partial charge in [0, 0.05) is 18.7 Å². The van der Waals surface area contributed by atoms with E-state index in [0.29, 0.717) is 5.76 Å². The van der Waals surface area contributed by atoms with Crippen LogP contribution in [0.2, 0.25) is 0 Å². The molecule has 0 N–H and O–H groups in total. The van der Waals surface area contributed by atoms with Crippen molar-refractivity contribution in [1.29, 1.82) is 0 Å². The fourth-order valence-electron chi connectivity index (χ4n) is 3.49. The fraction of sp³-hybridized carbons (Fsp3) is 0.429. The number of hydrogen-bond acceptors (Lipinski definition) is 7. The number of benzene rings is 1. The summed E-state index contributed by atoms with van der Waals surface area (Å²) in [5.41, 5.74) is 0.560. The van der Waals surface area contributed by atoms with Gasteiger partial charge >= 0.3 is 12.0 Å². The molecule has 0 aliphatic carbocycles. The lowest BCUT2D eigenvalue weighted by atomic mass is 9.94. The zero-order valence-electron chi connectivity index (χ0n) is 17.4. The van der Waals surface area contributed by atoms with Crippen LogP contribution in [0.15, 0.2) is 47.3 Å². The third-order valence-corrected chi connectivity index (χ3v) is 5.22. The van der Waals surface area contributed by atoms with Crippen LogP contribution in [0, 0.1) is 5.41 Å². The van der Waals surface area contributed by atoms with Gasteiger partial charge in [0.25, 0.3) is 11.9 Å². The molecule has 0 radical (unpaired) electrons. The normalized spacial score (nSPS) is 23.0. The molecule has 0 aromatic heterocycles. The number of ether oxygens (including phenoxy) is 2. The highest BCUT2D eigenvalue weighted by Gasteiger charge is 2.55. The van der Waals surface area contributed by atoms with E-state index in [-0.39, 0.29) is 18.0 Å². The molecule has 3 aliphatic heterocycles. The summed E-state index contributed by atoms with van der Waals surface area (Å²) in [7, 11) is 1.55. The lowest BCUT2D eigenvalue weighted by molar-refractivity contribution is -0.151. The van der Waals surface area contributed by atoms with Crippen molar-refractivity contribution in [3.8, 4) is 0 Å². The van der Waals surface area contributed by atoms with Gasteiger partial charge in [-0.3, -0.25) is 19.4 Å². The maximum absolute atomic E-state index is 13.1. The van der Waals surface area contributed by atoms with Crippen LogP contribution >= 0.6 is 0 Å². The summed E-state index contributed by atoms with van der Waals surface area (Å²) in [5, 5.41) is 0. The molecule has 4 rings (SSSR count). The summed E-state index contributed by atoms with van der Waals surface area (Å²) in [6.45, 7) is 5.59.